The van der Waals surface area contributed by atoms with Crippen LogP contribution in [-0.4, -0.2) is 33.8 Å². The van der Waals surface area contributed by atoms with E-state index in [1.807, 2.05) is 12.1 Å². The topological polar surface area (TPSA) is 58.2 Å². The van der Waals surface area contributed by atoms with Crippen LogP contribution in [-0.2, 0) is 16.4 Å². The van der Waals surface area contributed by atoms with Gasteiger partial charge >= 0.3 is 0 Å². The van der Waals surface area contributed by atoms with Gasteiger partial charge in [-0.2, -0.15) is 0 Å². The van der Waals surface area contributed by atoms with Crippen molar-refractivity contribution in [3.05, 3.63) is 29.8 Å². The maximum Gasteiger partial charge on any atom is 0.175 e. The summed E-state index contributed by atoms with van der Waals surface area (Å²) in [6.45, 7) is 7.39. The molecule has 0 amide bonds. The second-order valence-electron chi connectivity index (χ2n) is 6.30. The van der Waals surface area contributed by atoms with E-state index in [0.717, 1.165) is 31.6 Å². The van der Waals surface area contributed by atoms with Crippen LogP contribution in [0, 0.1) is 5.41 Å². The standard InChI is InChI=1S/C15H24N2O2S/c1-15(2)11-16-9-8-14(15)17-10-12-4-6-13(7-5-12)20(3,18)19/h4-7,14,16-17H,8-11H2,1-3H3. The molecule has 1 aromatic carbocycles. The lowest BCUT2D eigenvalue weighted by molar-refractivity contribution is 0.184. The lowest BCUT2D eigenvalue weighted by Crippen LogP contribution is -2.52. The molecule has 0 spiro atoms. The van der Waals surface area contributed by atoms with Crippen LogP contribution in [0.3, 0.4) is 0 Å². The van der Waals surface area contributed by atoms with E-state index in [1.165, 1.54) is 6.26 Å². The Bertz CT molecular complexity index is 550. The third-order valence-electron chi connectivity index (χ3n) is 4.04. The normalized spacial score (nSPS) is 22.6. The third-order valence-corrected chi connectivity index (χ3v) is 5.17. The average molecular weight is 296 g/mol. The van der Waals surface area contributed by atoms with Crippen molar-refractivity contribution in [1.82, 2.24) is 10.6 Å². The molecule has 4 nitrogen and oxygen atoms in total. The lowest BCUT2D eigenvalue weighted by Gasteiger charge is -2.39. The van der Waals surface area contributed by atoms with Gasteiger partial charge in [0.25, 0.3) is 0 Å². The average Bonchev–Trinajstić information content (AvgIpc) is 2.36. The second kappa shape index (κ2) is 5.84. The zero-order valence-electron chi connectivity index (χ0n) is 12.4. The number of sulfone groups is 1. The van der Waals surface area contributed by atoms with Gasteiger partial charge in [0.05, 0.1) is 4.90 Å². The van der Waals surface area contributed by atoms with Gasteiger partial charge in [-0.1, -0.05) is 26.0 Å². The first-order valence-electron chi connectivity index (χ1n) is 7.02. The van der Waals surface area contributed by atoms with Crippen LogP contribution in [0.1, 0.15) is 25.8 Å². The van der Waals surface area contributed by atoms with Crippen molar-refractivity contribution >= 4 is 9.84 Å². The predicted molar refractivity (Wildman–Crippen MR) is 81.4 cm³/mol. The summed E-state index contributed by atoms with van der Waals surface area (Å²) in [5.74, 6) is 0. The lowest BCUT2D eigenvalue weighted by atomic mass is 9.80. The first-order valence-corrected chi connectivity index (χ1v) is 8.91. The molecule has 1 fully saturated rings. The molecule has 0 aliphatic carbocycles. The van der Waals surface area contributed by atoms with Crippen molar-refractivity contribution in [3.63, 3.8) is 0 Å². The molecule has 1 saturated heterocycles. The summed E-state index contributed by atoms with van der Waals surface area (Å²) in [4.78, 5) is 0.378. The van der Waals surface area contributed by atoms with Crippen LogP contribution >= 0.6 is 0 Å². The largest absolute Gasteiger partial charge is 0.316 e. The zero-order chi connectivity index (χ0) is 14.8. The van der Waals surface area contributed by atoms with Gasteiger partial charge in [-0.25, -0.2) is 8.42 Å². The Balaban J connectivity index is 1.97. The Morgan fingerprint density at radius 1 is 1.30 bits per heavy atom. The Morgan fingerprint density at radius 2 is 1.95 bits per heavy atom. The molecule has 2 rings (SSSR count). The molecule has 1 aliphatic rings. The van der Waals surface area contributed by atoms with Gasteiger partial charge < -0.3 is 10.6 Å². The molecule has 5 heteroatoms. The van der Waals surface area contributed by atoms with Gasteiger partial charge in [0.15, 0.2) is 9.84 Å². The molecule has 1 aliphatic heterocycles. The third kappa shape index (κ3) is 3.81. The minimum atomic E-state index is -3.10. The number of hydrogen-bond acceptors (Lipinski definition) is 4. The van der Waals surface area contributed by atoms with Crippen molar-refractivity contribution in [3.8, 4) is 0 Å². The molecule has 1 unspecified atom stereocenters. The van der Waals surface area contributed by atoms with Gasteiger partial charge in [0.2, 0.25) is 0 Å². The highest BCUT2D eigenvalue weighted by molar-refractivity contribution is 7.90. The molecule has 1 atom stereocenters. The van der Waals surface area contributed by atoms with Crippen molar-refractivity contribution in [1.29, 1.82) is 0 Å². The Hall–Kier alpha value is -0.910. The Kier molecular flexibility index (Phi) is 4.52. The zero-order valence-corrected chi connectivity index (χ0v) is 13.3. The molecular formula is C15H24N2O2S. The molecule has 0 bridgehead atoms. The monoisotopic (exact) mass is 296 g/mol. The fraction of sp³-hybridized carbons (Fsp3) is 0.600. The smallest absolute Gasteiger partial charge is 0.175 e. The number of hydrogen-bond donors (Lipinski definition) is 2. The second-order valence-corrected chi connectivity index (χ2v) is 8.32. The van der Waals surface area contributed by atoms with Crippen LogP contribution in [0.5, 0.6) is 0 Å². The number of benzene rings is 1. The van der Waals surface area contributed by atoms with Gasteiger partial charge in [-0.05, 0) is 36.1 Å². The van der Waals surface area contributed by atoms with E-state index in [9.17, 15) is 8.42 Å². The van der Waals surface area contributed by atoms with Crippen LogP contribution < -0.4 is 10.6 Å². The summed E-state index contributed by atoms with van der Waals surface area (Å²) in [6, 6.07) is 7.62. The van der Waals surface area contributed by atoms with Crippen molar-refractivity contribution < 1.29 is 8.42 Å². The van der Waals surface area contributed by atoms with Gasteiger partial charge in [0.1, 0.15) is 0 Å². The number of rotatable bonds is 4. The highest BCUT2D eigenvalue weighted by atomic mass is 32.2. The van der Waals surface area contributed by atoms with E-state index < -0.39 is 9.84 Å². The van der Waals surface area contributed by atoms with Crippen molar-refractivity contribution in [2.45, 2.75) is 37.8 Å². The molecule has 112 valence electrons. The maximum absolute atomic E-state index is 11.4. The van der Waals surface area contributed by atoms with Gasteiger partial charge in [-0.15, -0.1) is 0 Å². The van der Waals surface area contributed by atoms with Gasteiger partial charge in [0, 0.05) is 25.4 Å². The van der Waals surface area contributed by atoms with Crippen LogP contribution in [0.4, 0.5) is 0 Å². The summed E-state index contributed by atoms with van der Waals surface area (Å²) in [7, 11) is -3.10. The molecule has 1 heterocycles. The molecule has 2 N–H and O–H groups in total. The number of piperidine rings is 1. The highest BCUT2D eigenvalue weighted by Crippen LogP contribution is 2.25. The Labute approximate surface area is 121 Å². The summed E-state index contributed by atoms with van der Waals surface area (Å²) < 4.78 is 22.8. The molecular weight excluding hydrogens is 272 g/mol. The van der Waals surface area contributed by atoms with Crippen molar-refractivity contribution in [2.24, 2.45) is 5.41 Å². The summed E-state index contributed by atoms with van der Waals surface area (Å²) in [5, 5.41) is 7.02. The van der Waals surface area contributed by atoms with E-state index in [0.29, 0.717) is 10.9 Å². The highest BCUT2D eigenvalue weighted by Gasteiger charge is 2.31. The van der Waals surface area contributed by atoms with Gasteiger partial charge in [-0.3, -0.25) is 0 Å². The summed E-state index contributed by atoms with van der Waals surface area (Å²) in [5.41, 5.74) is 1.36. The molecule has 1 aromatic rings. The fourth-order valence-electron chi connectivity index (χ4n) is 2.64. The van der Waals surface area contributed by atoms with Crippen molar-refractivity contribution in [2.75, 3.05) is 19.3 Å². The summed E-state index contributed by atoms with van der Waals surface area (Å²) in [6.07, 6.45) is 2.35. The molecule has 0 radical (unpaired) electrons. The van der Waals surface area contributed by atoms with E-state index in [-0.39, 0.29) is 5.41 Å². The summed E-state index contributed by atoms with van der Waals surface area (Å²) >= 11 is 0. The number of nitrogens with one attached hydrogen (secondary N) is 2. The first kappa shape index (κ1) is 15.5. The first-order chi connectivity index (χ1) is 9.29. The molecule has 0 saturated carbocycles. The maximum atomic E-state index is 11.4. The SMILES string of the molecule is CC1(C)CNCCC1NCc1ccc(S(C)(=O)=O)cc1. The minimum Gasteiger partial charge on any atom is -0.316 e. The fourth-order valence-corrected chi connectivity index (χ4v) is 3.28. The Morgan fingerprint density at radius 3 is 2.50 bits per heavy atom. The van der Waals surface area contributed by atoms with E-state index in [2.05, 4.69) is 24.5 Å². The van der Waals surface area contributed by atoms with Crippen LogP contribution in [0.2, 0.25) is 0 Å². The van der Waals surface area contributed by atoms with E-state index >= 15 is 0 Å². The van der Waals surface area contributed by atoms with E-state index in [4.69, 9.17) is 0 Å². The minimum absolute atomic E-state index is 0.241. The quantitative estimate of drug-likeness (QED) is 0.885. The van der Waals surface area contributed by atoms with Crippen LogP contribution in [0.25, 0.3) is 0 Å². The van der Waals surface area contributed by atoms with E-state index in [1.54, 1.807) is 12.1 Å². The predicted octanol–water partition coefficient (Wildman–Crippen LogP) is 1.57. The molecule has 0 aromatic heterocycles. The van der Waals surface area contributed by atoms with Crippen LogP contribution in [0.15, 0.2) is 29.2 Å². The molecule has 20 heavy (non-hydrogen) atoms.